The van der Waals surface area contributed by atoms with E-state index in [0.29, 0.717) is 6.42 Å². The minimum Gasteiger partial charge on any atom is -0.379 e. The maximum atomic E-state index is 5.45. The average molecular weight is 457 g/mol. The van der Waals surface area contributed by atoms with Crippen LogP contribution in [0, 0.1) is 6.92 Å². The molecule has 0 spiro atoms. The van der Waals surface area contributed by atoms with Crippen LogP contribution in [0.15, 0.2) is 48.5 Å². The molecule has 0 bridgehead atoms. The van der Waals surface area contributed by atoms with E-state index in [2.05, 4.69) is 44.0 Å². The van der Waals surface area contributed by atoms with E-state index < -0.39 is 0 Å². The lowest BCUT2D eigenvalue weighted by Crippen LogP contribution is -2.39. The highest BCUT2D eigenvalue weighted by atomic mass is 16.5. The van der Waals surface area contributed by atoms with Crippen LogP contribution in [0.2, 0.25) is 0 Å². The van der Waals surface area contributed by atoms with Gasteiger partial charge in [0.1, 0.15) is 5.82 Å². The third-order valence-corrected chi connectivity index (χ3v) is 6.44. The SMILES string of the molecule is Cc1nc2ccccc2n1CCc1nc2c3ccccc3nc(NCCN3CCOCC3)n2n1. The van der Waals surface area contributed by atoms with Crippen molar-refractivity contribution >= 4 is 33.5 Å². The number of aromatic nitrogens is 6. The van der Waals surface area contributed by atoms with Crippen LogP contribution in [0.5, 0.6) is 0 Å². The molecule has 34 heavy (non-hydrogen) atoms. The van der Waals surface area contributed by atoms with Crippen molar-refractivity contribution in [3.8, 4) is 0 Å². The van der Waals surface area contributed by atoms with Crippen molar-refractivity contribution in [1.82, 2.24) is 34.0 Å². The Morgan fingerprint density at radius 3 is 2.59 bits per heavy atom. The van der Waals surface area contributed by atoms with Crippen molar-refractivity contribution in [2.45, 2.75) is 19.9 Å². The number of morpholine rings is 1. The number of fused-ring (bicyclic) bond motifs is 4. The number of imidazole rings is 1. The maximum absolute atomic E-state index is 5.45. The summed E-state index contributed by atoms with van der Waals surface area (Å²) in [6.45, 7) is 8.09. The number of para-hydroxylation sites is 3. The van der Waals surface area contributed by atoms with Crippen LogP contribution in [0.4, 0.5) is 5.95 Å². The average Bonchev–Trinajstić information content (AvgIpc) is 3.44. The molecule has 1 aliphatic heterocycles. The van der Waals surface area contributed by atoms with Gasteiger partial charge in [0.15, 0.2) is 11.5 Å². The van der Waals surface area contributed by atoms with E-state index in [1.165, 1.54) is 0 Å². The molecule has 2 aromatic carbocycles. The van der Waals surface area contributed by atoms with E-state index in [1.807, 2.05) is 35.7 Å². The zero-order valence-corrected chi connectivity index (χ0v) is 19.3. The van der Waals surface area contributed by atoms with Gasteiger partial charge in [0.05, 0.1) is 29.8 Å². The minimum atomic E-state index is 0.713. The first-order valence-corrected chi connectivity index (χ1v) is 11.9. The van der Waals surface area contributed by atoms with Crippen LogP contribution < -0.4 is 5.32 Å². The fraction of sp³-hybridized carbons (Fsp3) is 0.360. The summed E-state index contributed by atoms with van der Waals surface area (Å²) in [7, 11) is 0. The van der Waals surface area contributed by atoms with Crippen molar-refractivity contribution in [3.63, 3.8) is 0 Å². The van der Waals surface area contributed by atoms with Crippen molar-refractivity contribution in [1.29, 1.82) is 0 Å². The molecule has 1 N–H and O–H groups in total. The van der Waals surface area contributed by atoms with E-state index in [1.54, 1.807) is 0 Å². The van der Waals surface area contributed by atoms with Crippen molar-refractivity contribution in [2.75, 3.05) is 44.7 Å². The minimum absolute atomic E-state index is 0.713. The molecule has 1 fully saturated rings. The third-order valence-electron chi connectivity index (χ3n) is 6.44. The lowest BCUT2D eigenvalue weighted by molar-refractivity contribution is 0.0398. The van der Waals surface area contributed by atoms with E-state index in [-0.39, 0.29) is 0 Å². The Morgan fingerprint density at radius 1 is 0.912 bits per heavy atom. The van der Waals surface area contributed by atoms with E-state index >= 15 is 0 Å². The number of benzene rings is 2. The summed E-state index contributed by atoms with van der Waals surface area (Å²) in [5.41, 5.74) is 3.91. The lowest BCUT2D eigenvalue weighted by Gasteiger charge is -2.26. The second kappa shape index (κ2) is 9.00. The van der Waals surface area contributed by atoms with Gasteiger partial charge in [0, 0.05) is 44.5 Å². The second-order valence-corrected chi connectivity index (χ2v) is 8.65. The van der Waals surface area contributed by atoms with Crippen molar-refractivity contribution in [2.24, 2.45) is 0 Å². The molecule has 9 nitrogen and oxygen atoms in total. The molecule has 1 aliphatic rings. The Kier molecular flexibility index (Phi) is 5.56. The molecule has 0 radical (unpaired) electrons. The van der Waals surface area contributed by atoms with Crippen LogP contribution in [-0.2, 0) is 17.7 Å². The summed E-state index contributed by atoms with van der Waals surface area (Å²) in [5.74, 6) is 2.53. The van der Waals surface area contributed by atoms with Crippen LogP contribution >= 0.6 is 0 Å². The molecule has 0 unspecified atom stereocenters. The summed E-state index contributed by atoms with van der Waals surface area (Å²) >= 11 is 0. The molecule has 3 aromatic heterocycles. The molecule has 0 saturated carbocycles. The van der Waals surface area contributed by atoms with Gasteiger partial charge in [0.2, 0.25) is 5.95 Å². The van der Waals surface area contributed by atoms with Gasteiger partial charge in [-0.3, -0.25) is 4.90 Å². The predicted octanol–water partition coefficient (Wildman–Crippen LogP) is 2.92. The molecule has 5 aromatic rings. The van der Waals surface area contributed by atoms with E-state index in [0.717, 1.165) is 91.1 Å². The topological polar surface area (TPSA) is 85.4 Å². The predicted molar refractivity (Wildman–Crippen MR) is 132 cm³/mol. The quantitative estimate of drug-likeness (QED) is 0.403. The fourth-order valence-corrected chi connectivity index (χ4v) is 4.66. The zero-order valence-electron chi connectivity index (χ0n) is 19.3. The van der Waals surface area contributed by atoms with Gasteiger partial charge in [-0.1, -0.05) is 24.3 Å². The number of hydrogen-bond donors (Lipinski definition) is 1. The Balaban J connectivity index is 1.28. The largest absolute Gasteiger partial charge is 0.379 e. The standard InChI is InChI=1S/C25H28N8O/c1-18-27-21-8-4-5-9-22(21)32(18)12-10-23-29-24-19-6-2-3-7-20(19)28-25(33(24)30-23)26-11-13-31-14-16-34-17-15-31/h2-9H,10-17H2,1H3,(H,26,28). The number of hydrogen-bond acceptors (Lipinski definition) is 7. The Bertz CT molecular complexity index is 1450. The molecule has 0 atom stereocenters. The van der Waals surface area contributed by atoms with Crippen LogP contribution in [0.1, 0.15) is 11.6 Å². The van der Waals surface area contributed by atoms with E-state index in [9.17, 15) is 0 Å². The number of rotatable bonds is 7. The molecule has 9 heteroatoms. The lowest BCUT2D eigenvalue weighted by atomic mass is 10.2. The molecule has 6 rings (SSSR count). The van der Waals surface area contributed by atoms with Gasteiger partial charge in [-0.25, -0.2) is 15.0 Å². The van der Waals surface area contributed by atoms with Gasteiger partial charge in [-0.15, -0.1) is 5.10 Å². The highest BCUT2D eigenvalue weighted by molar-refractivity contribution is 5.92. The number of aryl methyl sites for hydroxylation is 3. The molecule has 0 amide bonds. The van der Waals surface area contributed by atoms with Gasteiger partial charge in [0.25, 0.3) is 0 Å². The Hall–Kier alpha value is -3.56. The van der Waals surface area contributed by atoms with Gasteiger partial charge in [-0.05, 0) is 31.2 Å². The van der Waals surface area contributed by atoms with Gasteiger partial charge >= 0.3 is 0 Å². The highest BCUT2D eigenvalue weighted by Gasteiger charge is 2.15. The maximum Gasteiger partial charge on any atom is 0.226 e. The van der Waals surface area contributed by atoms with Crippen LogP contribution in [0.25, 0.3) is 27.6 Å². The molecular formula is C25H28N8O. The number of anilines is 1. The number of ether oxygens (including phenoxy) is 1. The number of nitrogens with zero attached hydrogens (tertiary/aromatic N) is 7. The number of nitrogens with one attached hydrogen (secondary N) is 1. The third kappa shape index (κ3) is 3.97. The Morgan fingerprint density at radius 2 is 1.71 bits per heavy atom. The van der Waals surface area contributed by atoms with Crippen LogP contribution in [0.3, 0.4) is 0 Å². The first-order chi connectivity index (χ1) is 16.8. The first kappa shape index (κ1) is 21.0. The summed E-state index contributed by atoms with van der Waals surface area (Å²) < 4.78 is 9.54. The summed E-state index contributed by atoms with van der Waals surface area (Å²) in [6.07, 6.45) is 0.713. The smallest absolute Gasteiger partial charge is 0.226 e. The fourth-order valence-electron chi connectivity index (χ4n) is 4.66. The molecule has 0 aliphatic carbocycles. The van der Waals surface area contributed by atoms with Crippen molar-refractivity contribution in [3.05, 3.63) is 60.2 Å². The molecular weight excluding hydrogens is 428 g/mol. The van der Waals surface area contributed by atoms with Crippen molar-refractivity contribution < 1.29 is 4.74 Å². The second-order valence-electron chi connectivity index (χ2n) is 8.65. The van der Waals surface area contributed by atoms with Gasteiger partial charge < -0.3 is 14.6 Å². The first-order valence-electron chi connectivity index (χ1n) is 11.9. The van der Waals surface area contributed by atoms with Crippen LogP contribution in [-0.4, -0.2) is 73.4 Å². The molecule has 1 saturated heterocycles. The summed E-state index contributed by atoms with van der Waals surface area (Å²) in [5, 5.41) is 9.35. The Labute approximate surface area is 197 Å². The molecule has 174 valence electrons. The zero-order chi connectivity index (χ0) is 22.9. The highest BCUT2D eigenvalue weighted by Crippen LogP contribution is 2.21. The van der Waals surface area contributed by atoms with E-state index in [4.69, 9.17) is 19.8 Å². The molecule has 4 heterocycles. The van der Waals surface area contributed by atoms with Gasteiger partial charge in [-0.2, -0.15) is 4.52 Å². The normalized spacial score (nSPS) is 15.0. The summed E-state index contributed by atoms with van der Waals surface area (Å²) in [6, 6.07) is 16.3. The monoisotopic (exact) mass is 456 g/mol. The summed E-state index contributed by atoms with van der Waals surface area (Å²) in [4.78, 5) is 16.9.